The van der Waals surface area contributed by atoms with Crippen LogP contribution in [0.25, 0.3) is 65.5 Å². The first-order valence-electron chi connectivity index (χ1n) is 17.5. The second-order valence-electron chi connectivity index (χ2n) is 14.7. The highest BCUT2D eigenvalue weighted by Gasteiger charge is 2.51. The molecule has 0 atom stereocenters. The molecule has 4 aliphatic rings. The van der Waals surface area contributed by atoms with Crippen molar-refractivity contribution in [2.45, 2.75) is 43.9 Å². The van der Waals surface area contributed by atoms with Crippen molar-refractivity contribution in [1.82, 2.24) is 15.0 Å². The fraction of sp³-hybridized carbons (Fsp3) is 0.227. The van der Waals surface area contributed by atoms with Crippen LogP contribution in [0.2, 0.25) is 0 Å². The van der Waals surface area contributed by atoms with Gasteiger partial charge in [0.1, 0.15) is 0 Å². The van der Waals surface area contributed by atoms with Crippen LogP contribution in [0.5, 0.6) is 0 Å². The summed E-state index contributed by atoms with van der Waals surface area (Å²) in [6.45, 7) is 0. The van der Waals surface area contributed by atoms with Crippen molar-refractivity contribution in [3.05, 3.63) is 126 Å². The molecule has 0 aliphatic heterocycles. The Bertz CT molecular complexity index is 2400. The lowest BCUT2D eigenvalue weighted by atomic mass is 9.48. The summed E-state index contributed by atoms with van der Waals surface area (Å²) in [7, 11) is 0. The van der Waals surface area contributed by atoms with E-state index in [9.17, 15) is 5.26 Å². The largest absolute Gasteiger partial charge is 0.208 e. The SMILES string of the molecule is N#Cc1ccc2sc3ccc(-c4cccc(-c5nc(-c6ccccc6)nc(-c6ccc(C78C[C@H]9C[C@@H](C7)C[C@@H](C8)C9)cc6)n5)c4)cc3c2c1. The van der Waals surface area contributed by atoms with E-state index in [4.69, 9.17) is 15.0 Å². The summed E-state index contributed by atoms with van der Waals surface area (Å²) in [5, 5.41) is 11.8. The molecular weight excluding hydrogens is 617 g/mol. The van der Waals surface area contributed by atoms with Crippen molar-refractivity contribution in [1.29, 1.82) is 5.26 Å². The van der Waals surface area contributed by atoms with E-state index >= 15 is 0 Å². The van der Waals surface area contributed by atoms with Crippen LogP contribution in [0, 0.1) is 29.1 Å². The normalized spacial score (nSPS) is 22.5. The zero-order valence-electron chi connectivity index (χ0n) is 27.1. The number of nitriles is 1. The van der Waals surface area contributed by atoms with Crippen molar-refractivity contribution in [2.24, 2.45) is 17.8 Å². The van der Waals surface area contributed by atoms with Crippen LogP contribution >= 0.6 is 11.3 Å². The number of fused-ring (bicyclic) bond motifs is 3. The molecule has 0 saturated heterocycles. The van der Waals surface area contributed by atoms with E-state index in [1.807, 2.05) is 30.3 Å². The maximum atomic E-state index is 9.51. The molecule has 5 aromatic carbocycles. The predicted molar refractivity (Wildman–Crippen MR) is 199 cm³/mol. The number of rotatable bonds is 5. The minimum atomic E-state index is 0.365. The maximum Gasteiger partial charge on any atom is 0.164 e. The average molecular weight is 651 g/mol. The zero-order chi connectivity index (χ0) is 32.5. The lowest BCUT2D eigenvalue weighted by molar-refractivity contribution is -0.00518. The molecule has 5 heteroatoms. The lowest BCUT2D eigenvalue weighted by Crippen LogP contribution is -2.48. The Morgan fingerprint density at radius 1 is 0.531 bits per heavy atom. The summed E-state index contributed by atoms with van der Waals surface area (Å²) in [5.41, 5.74) is 7.72. The minimum Gasteiger partial charge on any atom is -0.208 e. The second kappa shape index (κ2) is 11.2. The van der Waals surface area contributed by atoms with E-state index in [2.05, 4.69) is 91.0 Å². The van der Waals surface area contributed by atoms with Crippen molar-refractivity contribution in [3.63, 3.8) is 0 Å². The molecule has 236 valence electrons. The van der Waals surface area contributed by atoms with Gasteiger partial charge in [0, 0.05) is 36.9 Å². The second-order valence-corrected chi connectivity index (χ2v) is 15.7. The molecule has 2 heterocycles. The van der Waals surface area contributed by atoms with E-state index < -0.39 is 0 Å². The first-order valence-corrected chi connectivity index (χ1v) is 18.3. The summed E-state index contributed by atoms with van der Waals surface area (Å²) in [5.74, 6) is 4.80. The van der Waals surface area contributed by atoms with Gasteiger partial charge >= 0.3 is 0 Å². The number of benzene rings is 5. The van der Waals surface area contributed by atoms with Gasteiger partial charge in [-0.1, -0.05) is 78.9 Å². The molecule has 2 aromatic heterocycles. The minimum absolute atomic E-state index is 0.365. The van der Waals surface area contributed by atoms with Gasteiger partial charge in [-0.2, -0.15) is 5.26 Å². The van der Waals surface area contributed by atoms with Crippen LogP contribution in [0.3, 0.4) is 0 Å². The Hall–Kier alpha value is -5.18. The number of hydrogen-bond donors (Lipinski definition) is 0. The number of nitrogens with zero attached hydrogens (tertiary/aromatic N) is 4. The zero-order valence-corrected chi connectivity index (χ0v) is 28.0. The Balaban J connectivity index is 1.04. The van der Waals surface area contributed by atoms with Crippen molar-refractivity contribution in [3.8, 4) is 51.4 Å². The van der Waals surface area contributed by atoms with Gasteiger partial charge in [-0.15, -0.1) is 11.3 Å². The summed E-state index contributed by atoms with van der Waals surface area (Å²) >= 11 is 1.76. The summed E-state index contributed by atoms with van der Waals surface area (Å²) in [6.07, 6.45) is 8.45. The Kier molecular flexibility index (Phi) is 6.57. The first kappa shape index (κ1) is 28.8. The van der Waals surface area contributed by atoms with E-state index in [0.29, 0.717) is 28.5 Å². The van der Waals surface area contributed by atoms with Gasteiger partial charge in [-0.3, -0.25) is 0 Å². The molecule has 0 radical (unpaired) electrons. The Labute approximate surface area is 290 Å². The van der Waals surface area contributed by atoms with Gasteiger partial charge in [0.25, 0.3) is 0 Å². The quantitative estimate of drug-likeness (QED) is 0.186. The molecule has 49 heavy (non-hydrogen) atoms. The number of thiophene rings is 1. The highest BCUT2D eigenvalue weighted by molar-refractivity contribution is 7.25. The van der Waals surface area contributed by atoms with Crippen LogP contribution in [0.15, 0.2) is 115 Å². The Morgan fingerprint density at radius 3 is 1.73 bits per heavy atom. The molecule has 0 amide bonds. The molecule has 7 aromatic rings. The molecule has 4 saturated carbocycles. The Morgan fingerprint density at radius 2 is 1.06 bits per heavy atom. The van der Waals surface area contributed by atoms with E-state index in [0.717, 1.165) is 51.0 Å². The molecule has 4 aliphatic carbocycles. The fourth-order valence-electron chi connectivity index (χ4n) is 9.65. The van der Waals surface area contributed by atoms with E-state index in [1.54, 1.807) is 11.3 Å². The fourth-order valence-corrected chi connectivity index (χ4v) is 10.7. The molecular formula is C44H34N4S. The topological polar surface area (TPSA) is 62.5 Å². The van der Waals surface area contributed by atoms with Crippen LogP contribution in [-0.2, 0) is 5.41 Å². The van der Waals surface area contributed by atoms with Gasteiger partial charge in [0.2, 0.25) is 0 Å². The number of aromatic nitrogens is 3. The van der Waals surface area contributed by atoms with Crippen LogP contribution < -0.4 is 0 Å². The van der Waals surface area contributed by atoms with Gasteiger partial charge in [0.15, 0.2) is 17.5 Å². The predicted octanol–water partition coefficient (Wildman–Crippen LogP) is 11.2. The average Bonchev–Trinajstić information content (AvgIpc) is 3.52. The third-order valence-electron chi connectivity index (χ3n) is 11.5. The van der Waals surface area contributed by atoms with Crippen molar-refractivity contribution < 1.29 is 0 Å². The van der Waals surface area contributed by atoms with Gasteiger partial charge < -0.3 is 0 Å². The molecule has 4 fully saturated rings. The monoisotopic (exact) mass is 650 g/mol. The molecule has 4 nitrogen and oxygen atoms in total. The van der Waals surface area contributed by atoms with Crippen LogP contribution in [0.1, 0.15) is 49.7 Å². The van der Waals surface area contributed by atoms with Crippen LogP contribution in [0.4, 0.5) is 0 Å². The van der Waals surface area contributed by atoms with Crippen molar-refractivity contribution in [2.75, 3.05) is 0 Å². The smallest absolute Gasteiger partial charge is 0.164 e. The molecule has 0 N–H and O–H groups in total. The third-order valence-corrected chi connectivity index (χ3v) is 12.7. The molecule has 0 spiro atoms. The van der Waals surface area contributed by atoms with Crippen molar-refractivity contribution >= 4 is 31.5 Å². The number of hydrogen-bond acceptors (Lipinski definition) is 5. The molecule has 0 unspecified atom stereocenters. The standard InChI is InChI=1S/C44H34N4S/c45-26-27-9-15-39-37(20-27)38-22-34(12-16-40(38)49-39)33-7-4-8-35(21-33)43-47-41(31-5-2-1-3-6-31)46-42(48-43)32-10-13-36(14-11-32)44-23-28-17-29(24-44)19-30(18-28)25-44/h1-16,20-22,28-30H,17-19,23-25H2/t28-,29+,30-,44?. The van der Waals surface area contributed by atoms with Gasteiger partial charge in [-0.25, -0.2) is 15.0 Å². The summed E-state index contributed by atoms with van der Waals surface area (Å²) in [4.78, 5) is 15.2. The maximum absolute atomic E-state index is 9.51. The highest BCUT2D eigenvalue weighted by Crippen LogP contribution is 2.60. The van der Waals surface area contributed by atoms with E-state index in [-0.39, 0.29) is 0 Å². The summed E-state index contributed by atoms with van der Waals surface area (Å²) in [6, 6.07) is 42.8. The lowest BCUT2D eigenvalue weighted by Gasteiger charge is -2.57. The molecule has 4 bridgehead atoms. The molecule has 11 rings (SSSR count). The van der Waals surface area contributed by atoms with E-state index in [1.165, 1.54) is 58.9 Å². The summed E-state index contributed by atoms with van der Waals surface area (Å²) < 4.78 is 2.41. The highest BCUT2D eigenvalue weighted by atomic mass is 32.1. The van der Waals surface area contributed by atoms with Gasteiger partial charge in [-0.05, 0) is 115 Å². The first-order chi connectivity index (χ1) is 24.1. The third kappa shape index (κ3) is 4.97. The van der Waals surface area contributed by atoms with Crippen LogP contribution in [-0.4, -0.2) is 15.0 Å². The van der Waals surface area contributed by atoms with Gasteiger partial charge in [0.05, 0.1) is 11.6 Å².